The van der Waals surface area contributed by atoms with Crippen molar-refractivity contribution >= 4 is 11.7 Å². The van der Waals surface area contributed by atoms with Crippen molar-refractivity contribution in [2.75, 3.05) is 31.1 Å². The van der Waals surface area contributed by atoms with Gasteiger partial charge in [0.1, 0.15) is 5.82 Å². The Morgan fingerprint density at radius 1 is 1.03 bits per heavy atom. The molecule has 0 unspecified atom stereocenters. The third-order valence-corrected chi connectivity index (χ3v) is 5.92. The standard InChI is InChI=1S/C25H29N5O2/c1-16-4-5-19(20-6-7-23(27-14-20)30-10-8-26-9-11-30)13-21(16)24(31)28-15-22-17(2)12-18(3)29-25(22)32/h4-7,12-14,26H,8-11,15H2,1-3H3,(H,28,31)(H,29,32). The number of hydrogen-bond donors (Lipinski definition) is 3. The lowest BCUT2D eigenvalue weighted by Gasteiger charge is -2.28. The first-order valence-electron chi connectivity index (χ1n) is 10.9. The van der Waals surface area contributed by atoms with Crippen molar-refractivity contribution in [2.45, 2.75) is 27.3 Å². The van der Waals surface area contributed by atoms with Gasteiger partial charge in [0, 0.05) is 61.3 Å². The number of piperazine rings is 1. The molecule has 32 heavy (non-hydrogen) atoms. The maximum Gasteiger partial charge on any atom is 0.253 e. The average molecular weight is 432 g/mol. The van der Waals surface area contributed by atoms with E-state index < -0.39 is 0 Å². The zero-order valence-corrected chi connectivity index (χ0v) is 18.8. The monoisotopic (exact) mass is 431 g/mol. The van der Waals surface area contributed by atoms with Gasteiger partial charge < -0.3 is 20.5 Å². The Labute approximate surface area is 187 Å². The van der Waals surface area contributed by atoms with Crippen LogP contribution in [0.25, 0.3) is 11.1 Å². The van der Waals surface area contributed by atoms with Crippen LogP contribution >= 0.6 is 0 Å². The van der Waals surface area contributed by atoms with Gasteiger partial charge in [-0.2, -0.15) is 0 Å². The van der Waals surface area contributed by atoms with E-state index in [-0.39, 0.29) is 18.0 Å². The molecule has 0 spiro atoms. The van der Waals surface area contributed by atoms with Crippen LogP contribution in [0.3, 0.4) is 0 Å². The van der Waals surface area contributed by atoms with Gasteiger partial charge in [-0.05, 0) is 61.7 Å². The number of aromatic nitrogens is 2. The number of amides is 1. The molecule has 0 saturated carbocycles. The Morgan fingerprint density at radius 2 is 1.78 bits per heavy atom. The number of aromatic amines is 1. The third kappa shape index (κ3) is 4.73. The number of benzene rings is 1. The van der Waals surface area contributed by atoms with Gasteiger partial charge in [0.05, 0.1) is 0 Å². The van der Waals surface area contributed by atoms with Gasteiger partial charge in [-0.3, -0.25) is 9.59 Å². The van der Waals surface area contributed by atoms with Gasteiger partial charge in [0.15, 0.2) is 0 Å². The van der Waals surface area contributed by atoms with Crippen molar-refractivity contribution in [1.29, 1.82) is 0 Å². The molecule has 3 aromatic rings. The van der Waals surface area contributed by atoms with E-state index in [0.717, 1.165) is 59.9 Å². The highest BCUT2D eigenvalue weighted by Gasteiger charge is 2.14. The minimum absolute atomic E-state index is 0.163. The van der Waals surface area contributed by atoms with E-state index in [2.05, 4.69) is 25.5 Å². The van der Waals surface area contributed by atoms with Gasteiger partial charge in [0.25, 0.3) is 11.5 Å². The van der Waals surface area contributed by atoms with Crippen LogP contribution < -0.4 is 21.1 Å². The predicted molar refractivity (Wildman–Crippen MR) is 127 cm³/mol. The van der Waals surface area contributed by atoms with E-state index in [1.54, 1.807) is 0 Å². The maximum atomic E-state index is 12.9. The van der Waals surface area contributed by atoms with Gasteiger partial charge >= 0.3 is 0 Å². The van der Waals surface area contributed by atoms with Crippen LogP contribution in [0, 0.1) is 20.8 Å². The zero-order chi connectivity index (χ0) is 22.7. The fraction of sp³-hybridized carbons (Fsp3) is 0.320. The molecule has 0 bridgehead atoms. The molecule has 0 radical (unpaired) electrons. The zero-order valence-electron chi connectivity index (χ0n) is 18.8. The Kier molecular flexibility index (Phi) is 6.37. The van der Waals surface area contributed by atoms with Crippen molar-refractivity contribution in [3.05, 3.63) is 80.9 Å². The van der Waals surface area contributed by atoms with Crippen molar-refractivity contribution in [3.63, 3.8) is 0 Å². The average Bonchev–Trinajstić information content (AvgIpc) is 2.79. The number of rotatable bonds is 5. The lowest BCUT2D eigenvalue weighted by Crippen LogP contribution is -2.43. The highest BCUT2D eigenvalue weighted by Crippen LogP contribution is 2.24. The number of carbonyl (C=O) groups excluding carboxylic acids is 1. The van der Waals surface area contributed by atoms with Gasteiger partial charge in [-0.25, -0.2) is 4.98 Å². The first kappa shape index (κ1) is 21.8. The summed E-state index contributed by atoms with van der Waals surface area (Å²) in [6.07, 6.45) is 1.86. The number of carbonyl (C=O) groups is 1. The molecule has 166 valence electrons. The minimum atomic E-state index is -0.200. The lowest BCUT2D eigenvalue weighted by atomic mass is 10.00. The predicted octanol–water partition coefficient (Wildman–Crippen LogP) is 2.70. The molecular weight excluding hydrogens is 402 g/mol. The maximum absolute atomic E-state index is 12.9. The van der Waals surface area contributed by atoms with Crippen molar-refractivity contribution < 1.29 is 4.79 Å². The van der Waals surface area contributed by atoms with E-state index >= 15 is 0 Å². The highest BCUT2D eigenvalue weighted by molar-refractivity contribution is 5.96. The van der Waals surface area contributed by atoms with E-state index in [4.69, 9.17) is 0 Å². The molecule has 1 aliphatic rings. The molecule has 2 aromatic heterocycles. The molecule has 7 nitrogen and oxygen atoms in total. The van der Waals surface area contributed by atoms with Gasteiger partial charge in [0.2, 0.25) is 0 Å². The van der Waals surface area contributed by atoms with Crippen LogP contribution in [0.2, 0.25) is 0 Å². The number of hydrogen-bond acceptors (Lipinski definition) is 5. The van der Waals surface area contributed by atoms with Crippen LogP contribution in [0.5, 0.6) is 0 Å². The van der Waals surface area contributed by atoms with Crippen LogP contribution in [-0.4, -0.2) is 42.1 Å². The summed E-state index contributed by atoms with van der Waals surface area (Å²) in [7, 11) is 0. The molecule has 4 rings (SSSR count). The summed E-state index contributed by atoms with van der Waals surface area (Å²) in [5.74, 6) is 0.771. The Hall–Kier alpha value is -3.45. The lowest BCUT2D eigenvalue weighted by molar-refractivity contribution is 0.0950. The van der Waals surface area contributed by atoms with Crippen LogP contribution in [0.15, 0.2) is 47.4 Å². The minimum Gasteiger partial charge on any atom is -0.354 e. The molecule has 1 aromatic carbocycles. The van der Waals surface area contributed by atoms with E-state index in [1.807, 2.05) is 63.4 Å². The first-order chi connectivity index (χ1) is 15.4. The molecule has 7 heteroatoms. The molecule has 0 aliphatic carbocycles. The Morgan fingerprint density at radius 3 is 2.47 bits per heavy atom. The summed E-state index contributed by atoms with van der Waals surface area (Å²) in [5, 5.41) is 6.25. The fourth-order valence-corrected chi connectivity index (χ4v) is 4.05. The second-order valence-electron chi connectivity index (χ2n) is 8.30. The van der Waals surface area contributed by atoms with Crippen molar-refractivity contribution in [1.82, 2.24) is 20.6 Å². The van der Waals surface area contributed by atoms with Crippen LogP contribution in [-0.2, 0) is 6.54 Å². The fourth-order valence-electron chi connectivity index (χ4n) is 4.05. The number of anilines is 1. The molecule has 0 atom stereocenters. The topological polar surface area (TPSA) is 90.1 Å². The Bertz CT molecular complexity index is 1180. The van der Waals surface area contributed by atoms with Crippen LogP contribution in [0.4, 0.5) is 5.82 Å². The first-order valence-corrected chi connectivity index (χ1v) is 10.9. The van der Waals surface area contributed by atoms with E-state index in [9.17, 15) is 9.59 Å². The molecule has 1 aliphatic heterocycles. The summed E-state index contributed by atoms with van der Waals surface area (Å²) >= 11 is 0. The molecule has 1 saturated heterocycles. The summed E-state index contributed by atoms with van der Waals surface area (Å²) in [6, 6.07) is 11.8. The van der Waals surface area contributed by atoms with Crippen molar-refractivity contribution in [2.24, 2.45) is 0 Å². The number of pyridine rings is 2. The second kappa shape index (κ2) is 9.36. The number of H-pyrrole nitrogens is 1. The molecule has 1 fully saturated rings. The van der Waals surface area contributed by atoms with E-state index in [1.165, 1.54) is 0 Å². The largest absolute Gasteiger partial charge is 0.354 e. The quantitative estimate of drug-likeness (QED) is 0.578. The molecule has 1 amide bonds. The third-order valence-electron chi connectivity index (χ3n) is 5.92. The second-order valence-corrected chi connectivity index (χ2v) is 8.30. The highest BCUT2D eigenvalue weighted by atomic mass is 16.1. The van der Waals surface area contributed by atoms with Crippen LogP contribution in [0.1, 0.15) is 32.7 Å². The molecule has 3 heterocycles. The van der Waals surface area contributed by atoms with E-state index in [0.29, 0.717) is 11.1 Å². The molecule has 3 N–H and O–H groups in total. The SMILES string of the molecule is Cc1cc(C)c(CNC(=O)c2cc(-c3ccc(N4CCNCC4)nc3)ccc2C)c(=O)[nH]1. The van der Waals surface area contributed by atoms with Gasteiger partial charge in [-0.1, -0.05) is 12.1 Å². The smallest absolute Gasteiger partial charge is 0.253 e. The number of aryl methyl sites for hydroxylation is 3. The summed E-state index contributed by atoms with van der Waals surface area (Å²) in [5.41, 5.74) is 5.46. The summed E-state index contributed by atoms with van der Waals surface area (Å²) in [6.45, 7) is 9.65. The van der Waals surface area contributed by atoms with Gasteiger partial charge in [-0.15, -0.1) is 0 Å². The number of nitrogens with one attached hydrogen (secondary N) is 3. The normalized spacial score (nSPS) is 13.8. The van der Waals surface area contributed by atoms with Crippen molar-refractivity contribution in [3.8, 4) is 11.1 Å². The summed E-state index contributed by atoms with van der Waals surface area (Å²) in [4.78, 5) is 34.9. The number of nitrogens with zero attached hydrogens (tertiary/aromatic N) is 2. The molecular formula is C25H29N5O2. The summed E-state index contributed by atoms with van der Waals surface area (Å²) < 4.78 is 0. The Balaban J connectivity index is 1.51.